The third kappa shape index (κ3) is 2.38. The smallest absolute Gasteiger partial charge is 0.164 e. The lowest BCUT2D eigenvalue weighted by molar-refractivity contribution is 0.917. The first-order valence-electron chi connectivity index (χ1n) is 8.13. The molecule has 24 heavy (non-hydrogen) atoms. The van der Waals surface area contributed by atoms with Gasteiger partial charge in [0.15, 0.2) is 5.65 Å². The Bertz CT molecular complexity index is 1010. The van der Waals surface area contributed by atoms with Crippen molar-refractivity contribution in [1.82, 2.24) is 14.6 Å². The summed E-state index contributed by atoms with van der Waals surface area (Å²) >= 11 is 0. The summed E-state index contributed by atoms with van der Waals surface area (Å²) in [5.74, 6) is 0. The van der Waals surface area contributed by atoms with Crippen molar-refractivity contribution in [2.75, 3.05) is 0 Å². The monoisotopic (exact) mass is 313 g/mol. The lowest BCUT2D eigenvalue weighted by Crippen LogP contribution is -1.98. The Hall–Kier alpha value is -2.94. The summed E-state index contributed by atoms with van der Waals surface area (Å²) in [6.45, 7) is 6.18. The molecule has 3 nitrogen and oxygen atoms in total. The summed E-state index contributed by atoms with van der Waals surface area (Å²) in [4.78, 5) is 4.78. The molecular weight excluding hydrogens is 294 g/mol. The maximum absolute atomic E-state index is 4.78. The van der Waals surface area contributed by atoms with E-state index in [4.69, 9.17) is 10.1 Å². The molecular formula is C21H19N3. The average Bonchev–Trinajstić information content (AvgIpc) is 2.91. The molecule has 0 amide bonds. The number of aryl methyl sites for hydroxylation is 3. The van der Waals surface area contributed by atoms with Crippen molar-refractivity contribution in [1.29, 1.82) is 0 Å². The van der Waals surface area contributed by atoms with Crippen molar-refractivity contribution in [3.8, 4) is 22.4 Å². The number of aromatic nitrogens is 3. The third-order valence-electron chi connectivity index (χ3n) is 4.30. The maximum Gasteiger partial charge on any atom is 0.164 e. The number of hydrogen-bond donors (Lipinski definition) is 0. The van der Waals surface area contributed by atoms with Crippen LogP contribution in [0.15, 0.2) is 60.7 Å². The number of hydrogen-bond acceptors (Lipinski definition) is 2. The summed E-state index contributed by atoms with van der Waals surface area (Å²) in [6, 6.07) is 21.0. The molecule has 0 unspecified atom stereocenters. The number of benzene rings is 2. The molecule has 0 radical (unpaired) electrons. The molecule has 0 N–H and O–H groups in total. The van der Waals surface area contributed by atoms with Crippen molar-refractivity contribution >= 4 is 5.65 Å². The summed E-state index contributed by atoms with van der Waals surface area (Å²) < 4.78 is 1.97. The first kappa shape index (κ1) is 14.6. The summed E-state index contributed by atoms with van der Waals surface area (Å²) in [6.07, 6.45) is 0. The second-order valence-corrected chi connectivity index (χ2v) is 6.21. The zero-order chi connectivity index (χ0) is 16.7. The Morgan fingerprint density at radius 2 is 1.50 bits per heavy atom. The third-order valence-corrected chi connectivity index (χ3v) is 4.30. The molecule has 0 aliphatic rings. The Morgan fingerprint density at radius 3 is 2.21 bits per heavy atom. The average molecular weight is 313 g/mol. The van der Waals surface area contributed by atoms with Gasteiger partial charge in [-0.05, 0) is 32.4 Å². The van der Waals surface area contributed by atoms with Crippen LogP contribution in [0.4, 0.5) is 0 Å². The number of fused-ring (bicyclic) bond motifs is 1. The lowest BCUT2D eigenvalue weighted by Gasteiger charge is -2.07. The minimum Gasteiger partial charge on any atom is -0.233 e. The molecule has 4 aromatic rings. The van der Waals surface area contributed by atoms with E-state index in [1.807, 2.05) is 36.6 Å². The van der Waals surface area contributed by atoms with Crippen LogP contribution in [-0.2, 0) is 0 Å². The Morgan fingerprint density at radius 1 is 0.792 bits per heavy atom. The van der Waals surface area contributed by atoms with Gasteiger partial charge in [-0.3, -0.25) is 0 Å². The van der Waals surface area contributed by atoms with E-state index in [-0.39, 0.29) is 0 Å². The Balaban J connectivity index is 2.02. The van der Waals surface area contributed by atoms with Crippen LogP contribution in [0.25, 0.3) is 28.0 Å². The SMILES string of the molecule is Cc1ccc(-c2c(C)nn3c(-c4ccccc4)cc(C)nc23)cc1. The molecule has 0 fully saturated rings. The summed E-state index contributed by atoms with van der Waals surface area (Å²) in [5, 5.41) is 4.78. The van der Waals surface area contributed by atoms with Gasteiger partial charge in [-0.1, -0.05) is 60.2 Å². The minimum absolute atomic E-state index is 0.912. The van der Waals surface area contributed by atoms with Crippen molar-refractivity contribution in [2.45, 2.75) is 20.8 Å². The lowest BCUT2D eigenvalue weighted by atomic mass is 10.0. The van der Waals surface area contributed by atoms with Gasteiger partial charge in [-0.15, -0.1) is 0 Å². The highest BCUT2D eigenvalue weighted by Crippen LogP contribution is 2.30. The molecule has 0 aliphatic carbocycles. The van der Waals surface area contributed by atoms with Crippen LogP contribution in [0.1, 0.15) is 17.0 Å². The first-order chi connectivity index (χ1) is 11.6. The molecule has 0 spiro atoms. The molecule has 2 aromatic heterocycles. The second kappa shape index (κ2) is 5.60. The summed E-state index contributed by atoms with van der Waals surface area (Å²) in [5.41, 5.74) is 8.63. The number of nitrogens with zero attached hydrogens (tertiary/aromatic N) is 3. The fourth-order valence-corrected chi connectivity index (χ4v) is 3.12. The highest BCUT2D eigenvalue weighted by Gasteiger charge is 2.16. The molecule has 0 atom stereocenters. The van der Waals surface area contributed by atoms with Gasteiger partial charge < -0.3 is 0 Å². The van der Waals surface area contributed by atoms with E-state index in [9.17, 15) is 0 Å². The fraction of sp³-hybridized carbons (Fsp3) is 0.143. The molecule has 2 aromatic carbocycles. The molecule has 0 bridgehead atoms. The van der Waals surface area contributed by atoms with Crippen LogP contribution in [0.2, 0.25) is 0 Å². The van der Waals surface area contributed by atoms with E-state index < -0.39 is 0 Å². The van der Waals surface area contributed by atoms with E-state index >= 15 is 0 Å². The maximum atomic E-state index is 4.78. The van der Waals surface area contributed by atoms with E-state index in [1.54, 1.807) is 0 Å². The van der Waals surface area contributed by atoms with Crippen LogP contribution in [-0.4, -0.2) is 14.6 Å². The molecule has 0 saturated heterocycles. The zero-order valence-electron chi connectivity index (χ0n) is 14.1. The van der Waals surface area contributed by atoms with Gasteiger partial charge in [0, 0.05) is 16.8 Å². The highest BCUT2D eigenvalue weighted by atomic mass is 15.3. The van der Waals surface area contributed by atoms with Gasteiger partial charge >= 0.3 is 0 Å². The zero-order valence-corrected chi connectivity index (χ0v) is 14.1. The standard InChI is InChI=1S/C21H19N3/c1-14-9-11-18(12-10-14)20-16(3)23-24-19(13-15(2)22-21(20)24)17-7-5-4-6-8-17/h4-13H,1-3H3. The Labute approximate surface area is 141 Å². The van der Waals surface area contributed by atoms with E-state index in [1.165, 1.54) is 5.56 Å². The fourth-order valence-electron chi connectivity index (χ4n) is 3.12. The van der Waals surface area contributed by atoms with Crippen LogP contribution < -0.4 is 0 Å². The van der Waals surface area contributed by atoms with E-state index in [0.29, 0.717) is 0 Å². The molecule has 2 heterocycles. The van der Waals surface area contributed by atoms with Crippen LogP contribution in [0, 0.1) is 20.8 Å². The van der Waals surface area contributed by atoms with Crippen LogP contribution in [0.3, 0.4) is 0 Å². The second-order valence-electron chi connectivity index (χ2n) is 6.21. The van der Waals surface area contributed by atoms with Gasteiger partial charge in [-0.25, -0.2) is 9.50 Å². The summed E-state index contributed by atoms with van der Waals surface area (Å²) in [7, 11) is 0. The van der Waals surface area contributed by atoms with E-state index in [0.717, 1.165) is 39.4 Å². The Kier molecular flexibility index (Phi) is 3.42. The van der Waals surface area contributed by atoms with Gasteiger partial charge in [0.1, 0.15) is 0 Å². The van der Waals surface area contributed by atoms with Crippen molar-refractivity contribution in [3.63, 3.8) is 0 Å². The van der Waals surface area contributed by atoms with Crippen LogP contribution >= 0.6 is 0 Å². The molecule has 0 aliphatic heterocycles. The topological polar surface area (TPSA) is 30.2 Å². The van der Waals surface area contributed by atoms with Gasteiger partial charge in [-0.2, -0.15) is 5.10 Å². The number of rotatable bonds is 2. The van der Waals surface area contributed by atoms with Crippen LogP contribution in [0.5, 0.6) is 0 Å². The predicted octanol–water partition coefficient (Wildman–Crippen LogP) is 4.99. The van der Waals surface area contributed by atoms with Gasteiger partial charge in [0.25, 0.3) is 0 Å². The van der Waals surface area contributed by atoms with E-state index in [2.05, 4.69) is 49.4 Å². The van der Waals surface area contributed by atoms with Crippen molar-refractivity contribution < 1.29 is 0 Å². The van der Waals surface area contributed by atoms with Crippen molar-refractivity contribution in [2.24, 2.45) is 0 Å². The van der Waals surface area contributed by atoms with Crippen molar-refractivity contribution in [3.05, 3.63) is 77.6 Å². The molecule has 4 rings (SSSR count). The largest absolute Gasteiger partial charge is 0.233 e. The quantitative estimate of drug-likeness (QED) is 0.522. The predicted molar refractivity (Wildman–Crippen MR) is 98.1 cm³/mol. The molecule has 118 valence electrons. The van der Waals surface area contributed by atoms with Gasteiger partial charge in [0.05, 0.1) is 11.4 Å². The molecule has 0 saturated carbocycles. The molecule has 3 heteroatoms. The first-order valence-corrected chi connectivity index (χ1v) is 8.13. The van der Waals surface area contributed by atoms with Gasteiger partial charge in [0.2, 0.25) is 0 Å². The minimum atomic E-state index is 0.912. The highest BCUT2D eigenvalue weighted by molar-refractivity contribution is 5.81. The normalized spacial score (nSPS) is 11.1.